The van der Waals surface area contributed by atoms with Crippen LogP contribution < -0.4 is 11.1 Å². The number of nitrogens with zero attached hydrogens (tertiary/aromatic N) is 4. The van der Waals surface area contributed by atoms with Gasteiger partial charge in [0.2, 0.25) is 5.91 Å². The number of esters is 2. The summed E-state index contributed by atoms with van der Waals surface area (Å²) in [5.41, 5.74) is 6.90. The molecule has 2 heterocycles. The van der Waals surface area contributed by atoms with Gasteiger partial charge in [0.1, 0.15) is 13.2 Å². The summed E-state index contributed by atoms with van der Waals surface area (Å²) >= 11 is 6.48. The van der Waals surface area contributed by atoms with Crippen molar-refractivity contribution in [2.24, 2.45) is 5.73 Å². The number of tetrazole rings is 1. The Morgan fingerprint density at radius 1 is 1.17 bits per heavy atom. The third-order valence-electron chi connectivity index (χ3n) is 5.03. The molecule has 1 unspecified atom stereocenters. The number of hydrogen-bond donors (Lipinski definition) is 2. The van der Waals surface area contributed by atoms with Gasteiger partial charge in [-0.2, -0.15) is 4.80 Å². The Labute approximate surface area is 206 Å². The van der Waals surface area contributed by atoms with Gasteiger partial charge in [-0.05, 0) is 30.7 Å². The number of rotatable bonds is 10. The smallest absolute Gasteiger partial charge is 0.336 e. The standard InChI is InChI=1S/C22H25ClN6O6/c1-4-35-22(32)20-15(10-34-11-17-26-28-29(27-17)9-16(24)30)25-12(2)18(21(31)33-3)19(20)13-7-5-6-8-14(13)23/h5-8,19,25H,4,9-11H2,1-3H3,(H2,24,30). The van der Waals surface area contributed by atoms with Crippen molar-refractivity contribution in [3.63, 3.8) is 0 Å². The first-order valence-electron chi connectivity index (χ1n) is 10.6. The zero-order valence-electron chi connectivity index (χ0n) is 19.4. The Kier molecular flexibility index (Phi) is 8.55. The number of carbonyl (C=O) groups is 3. The second-order valence-electron chi connectivity index (χ2n) is 7.42. The highest BCUT2D eigenvalue weighted by Gasteiger charge is 2.39. The fraction of sp³-hybridized carbons (Fsp3) is 0.364. The number of nitrogens with one attached hydrogen (secondary N) is 1. The Morgan fingerprint density at radius 2 is 1.91 bits per heavy atom. The first-order chi connectivity index (χ1) is 16.8. The summed E-state index contributed by atoms with van der Waals surface area (Å²) in [7, 11) is 1.26. The molecule has 186 valence electrons. The van der Waals surface area contributed by atoms with E-state index < -0.39 is 23.8 Å². The average molecular weight is 505 g/mol. The van der Waals surface area contributed by atoms with Gasteiger partial charge in [0.05, 0.1) is 43.1 Å². The van der Waals surface area contributed by atoms with Crippen LogP contribution in [-0.2, 0) is 41.7 Å². The van der Waals surface area contributed by atoms with Gasteiger partial charge in [-0.15, -0.1) is 10.2 Å². The number of allylic oxidation sites excluding steroid dienone is 1. The van der Waals surface area contributed by atoms with Crippen LogP contribution in [-0.4, -0.2) is 58.4 Å². The van der Waals surface area contributed by atoms with E-state index in [9.17, 15) is 14.4 Å². The molecule has 0 spiro atoms. The van der Waals surface area contributed by atoms with Crippen molar-refractivity contribution >= 4 is 29.4 Å². The van der Waals surface area contributed by atoms with Crippen LogP contribution in [0.4, 0.5) is 0 Å². The molecule has 13 heteroatoms. The van der Waals surface area contributed by atoms with Crippen LogP contribution in [0.25, 0.3) is 0 Å². The van der Waals surface area contributed by atoms with E-state index in [0.29, 0.717) is 22.0 Å². The van der Waals surface area contributed by atoms with Crippen molar-refractivity contribution in [3.8, 4) is 0 Å². The first-order valence-corrected chi connectivity index (χ1v) is 11.0. The summed E-state index contributed by atoms with van der Waals surface area (Å²) in [5.74, 6) is -2.50. The number of halogens is 1. The predicted octanol–water partition coefficient (Wildman–Crippen LogP) is 0.980. The van der Waals surface area contributed by atoms with Crippen LogP contribution in [0, 0.1) is 0 Å². The first kappa shape index (κ1) is 25.8. The SMILES string of the molecule is CCOC(=O)C1=C(COCc2nnn(CC(N)=O)n2)NC(C)=C(C(=O)OC)C1c1ccccc1Cl. The van der Waals surface area contributed by atoms with Crippen LogP contribution in [0.3, 0.4) is 0 Å². The molecule has 3 rings (SSSR count). The van der Waals surface area contributed by atoms with E-state index >= 15 is 0 Å². The Balaban J connectivity index is 1.97. The lowest BCUT2D eigenvalue weighted by Crippen LogP contribution is -2.34. The molecule has 0 radical (unpaired) electrons. The lowest BCUT2D eigenvalue weighted by atomic mass is 9.80. The maximum absolute atomic E-state index is 13.1. The summed E-state index contributed by atoms with van der Waals surface area (Å²) in [6, 6.07) is 6.90. The molecule has 0 bridgehead atoms. The molecule has 1 amide bonds. The van der Waals surface area contributed by atoms with Crippen LogP contribution >= 0.6 is 11.6 Å². The van der Waals surface area contributed by atoms with Gasteiger partial charge in [-0.1, -0.05) is 29.8 Å². The predicted molar refractivity (Wildman–Crippen MR) is 122 cm³/mol. The van der Waals surface area contributed by atoms with E-state index in [4.69, 9.17) is 31.5 Å². The highest BCUT2D eigenvalue weighted by molar-refractivity contribution is 6.31. The summed E-state index contributed by atoms with van der Waals surface area (Å²) < 4.78 is 16.0. The third kappa shape index (κ3) is 6.03. The quantitative estimate of drug-likeness (QED) is 0.446. The van der Waals surface area contributed by atoms with Gasteiger partial charge < -0.3 is 25.3 Å². The highest BCUT2D eigenvalue weighted by atomic mass is 35.5. The van der Waals surface area contributed by atoms with E-state index in [2.05, 4.69) is 20.7 Å². The molecule has 0 aliphatic carbocycles. The third-order valence-corrected chi connectivity index (χ3v) is 5.38. The Hall–Kier alpha value is -3.77. The normalized spacial score (nSPS) is 15.6. The molecule has 3 N–H and O–H groups in total. The lowest BCUT2D eigenvalue weighted by molar-refractivity contribution is -0.139. The van der Waals surface area contributed by atoms with Crippen LogP contribution in [0.5, 0.6) is 0 Å². The second kappa shape index (κ2) is 11.6. The largest absolute Gasteiger partial charge is 0.466 e. The number of primary amides is 1. The fourth-order valence-corrected chi connectivity index (χ4v) is 3.89. The summed E-state index contributed by atoms with van der Waals surface area (Å²) in [6.07, 6.45) is 0. The molecule has 35 heavy (non-hydrogen) atoms. The molecule has 1 atom stereocenters. The van der Waals surface area contributed by atoms with Gasteiger partial charge in [0, 0.05) is 10.7 Å². The van der Waals surface area contributed by atoms with E-state index in [1.54, 1.807) is 38.1 Å². The van der Waals surface area contributed by atoms with Gasteiger partial charge in [-0.3, -0.25) is 4.79 Å². The lowest BCUT2D eigenvalue weighted by Gasteiger charge is -2.31. The van der Waals surface area contributed by atoms with Crippen LogP contribution in [0.1, 0.15) is 31.2 Å². The Morgan fingerprint density at radius 3 is 2.57 bits per heavy atom. The summed E-state index contributed by atoms with van der Waals surface area (Å²) in [5, 5.41) is 15.0. The number of methoxy groups -OCH3 is 1. The number of ether oxygens (including phenoxy) is 3. The molecule has 0 saturated carbocycles. The van der Waals surface area contributed by atoms with E-state index in [0.717, 1.165) is 4.80 Å². The maximum Gasteiger partial charge on any atom is 0.336 e. The fourth-order valence-electron chi connectivity index (χ4n) is 3.65. The molecule has 12 nitrogen and oxygen atoms in total. The highest BCUT2D eigenvalue weighted by Crippen LogP contribution is 2.41. The van der Waals surface area contributed by atoms with Crippen molar-refractivity contribution in [3.05, 3.63) is 63.2 Å². The van der Waals surface area contributed by atoms with Gasteiger partial charge in [0.25, 0.3) is 0 Å². The number of nitrogens with two attached hydrogens (primary N) is 1. The molecular weight excluding hydrogens is 480 g/mol. The minimum absolute atomic E-state index is 0.0660. The van der Waals surface area contributed by atoms with Gasteiger partial charge in [0.15, 0.2) is 5.82 Å². The minimum atomic E-state index is -0.857. The van der Waals surface area contributed by atoms with Crippen LogP contribution in [0.2, 0.25) is 5.02 Å². The molecule has 1 aromatic heterocycles. The van der Waals surface area contributed by atoms with E-state index in [1.165, 1.54) is 7.11 Å². The molecule has 0 fully saturated rings. The second-order valence-corrected chi connectivity index (χ2v) is 7.82. The molecule has 1 aliphatic rings. The maximum atomic E-state index is 13.1. The summed E-state index contributed by atoms with van der Waals surface area (Å²) in [4.78, 5) is 37.9. The molecule has 1 aromatic carbocycles. The minimum Gasteiger partial charge on any atom is -0.466 e. The van der Waals surface area contributed by atoms with Crippen molar-refractivity contribution in [2.75, 3.05) is 20.3 Å². The van der Waals surface area contributed by atoms with Gasteiger partial charge >= 0.3 is 11.9 Å². The van der Waals surface area contributed by atoms with Crippen molar-refractivity contribution in [1.82, 2.24) is 25.5 Å². The van der Waals surface area contributed by atoms with Crippen molar-refractivity contribution in [1.29, 1.82) is 0 Å². The Bertz CT molecular complexity index is 1190. The number of hydrogen-bond acceptors (Lipinski definition) is 10. The monoisotopic (exact) mass is 504 g/mol. The number of benzene rings is 1. The number of aromatic nitrogens is 4. The topological polar surface area (TPSA) is 161 Å². The zero-order valence-corrected chi connectivity index (χ0v) is 20.2. The molecule has 1 aliphatic heterocycles. The van der Waals surface area contributed by atoms with Crippen molar-refractivity contribution in [2.45, 2.75) is 32.9 Å². The van der Waals surface area contributed by atoms with Crippen molar-refractivity contribution < 1.29 is 28.6 Å². The number of carbonyl (C=O) groups excluding carboxylic acids is 3. The molecule has 2 aromatic rings. The number of amides is 1. The zero-order chi connectivity index (χ0) is 25.5. The molecular formula is C22H25ClN6O6. The van der Waals surface area contributed by atoms with Crippen LogP contribution in [0.15, 0.2) is 46.8 Å². The van der Waals surface area contributed by atoms with E-state index in [-0.39, 0.29) is 43.3 Å². The number of dihydropyridines is 1. The van der Waals surface area contributed by atoms with E-state index in [1.807, 2.05) is 0 Å². The summed E-state index contributed by atoms with van der Waals surface area (Å²) in [6.45, 7) is 3.13. The molecule has 0 saturated heterocycles. The van der Waals surface area contributed by atoms with Gasteiger partial charge in [-0.25, -0.2) is 9.59 Å². The average Bonchev–Trinajstić information content (AvgIpc) is 3.25.